The molecule has 4 aromatic rings. The summed E-state index contributed by atoms with van der Waals surface area (Å²) in [6.07, 6.45) is 4.99. The highest BCUT2D eigenvalue weighted by molar-refractivity contribution is 5.63. The summed E-state index contributed by atoms with van der Waals surface area (Å²) in [6.45, 7) is 7.03. The first-order valence-corrected chi connectivity index (χ1v) is 9.68. The number of aromatic amines is 1. The number of aryl methyl sites for hydroxylation is 2. The first-order chi connectivity index (χ1) is 14.5. The fourth-order valence-corrected chi connectivity index (χ4v) is 3.08. The molecule has 0 saturated carbocycles. The average Bonchev–Trinajstić information content (AvgIpc) is 3.34. The van der Waals surface area contributed by atoms with Crippen molar-refractivity contribution in [2.24, 2.45) is 0 Å². The average molecular weight is 409 g/mol. The van der Waals surface area contributed by atoms with Gasteiger partial charge in [0.2, 0.25) is 0 Å². The standard InChI is InChI=1S/C22H23N5O3.2H2/c1-4-29-13-16-6-5-14(2)18(9-16)26-21-24-11-19(30-21)17-7-8-23-20(10-17)27-12-15(3)25-22(27)28;;/h5-12H,4,13H2,1-3H3,(H,24,26)(H,25,28);2*1H. The predicted molar refractivity (Wildman–Crippen MR) is 118 cm³/mol. The number of ether oxygens (including phenoxy) is 1. The van der Waals surface area contributed by atoms with Gasteiger partial charge < -0.3 is 19.5 Å². The number of anilines is 2. The smallest absolute Gasteiger partial charge is 0.331 e. The van der Waals surface area contributed by atoms with E-state index in [0.29, 0.717) is 30.8 Å². The summed E-state index contributed by atoms with van der Waals surface area (Å²) in [6, 6.07) is 10.1. The van der Waals surface area contributed by atoms with E-state index in [0.717, 1.165) is 28.1 Å². The summed E-state index contributed by atoms with van der Waals surface area (Å²) in [5.74, 6) is 1.08. The number of oxazole rings is 1. The molecule has 0 saturated heterocycles. The lowest BCUT2D eigenvalue weighted by atomic mass is 10.1. The van der Waals surface area contributed by atoms with Crippen molar-refractivity contribution < 1.29 is 12.0 Å². The van der Waals surface area contributed by atoms with Crippen LogP contribution in [0.15, 0.2) is 58.1 Å². The van der Waals surface area contributed by atoms with Gasteiger partial charge in [-0.25, -0.2) is 14.8 Å². The molecular weight excluding hydrogens is 382 g/mol. The predicted octanol–water partition coefficient (Wildman–Crippen LogP) is 4.60. The molecule has 0 spiro atoms. The lowest BCUT2D eigenvalue weighted by Gasteiger charge is -2.09. The van der Waals surface area contributed by atoms with Crippen molar-refractivity contribution >= 4 is 11.7 Å². The van der Waals surface area contributed by atoms with Gasteiger partial charge in [-0.2, -0.15) is 0 Å². The van der Waals surface area contributed by atoms with E-state index >= 15 is 0 Å². The summed E-state index contributed by atoms with van der Waals surface area (Å²) in [7, 11) is 0. The molecule has 1 aromatic carbocycles. The SMILES string of the molecule is CCOCc1ccc(C)c(Nc2ncc(-c3ccnc(-n4cc(C)[nH]c4=O)c3)o2)c1.[HH].[HH]. The lowest BCUT2D eigenvalue weighted by Crippen LogP contribution is -2.15. The maximum atomic E-state index is 12.0. The van der Waals surface area contributed by atoms with Crippen LogP contribution in [0.25, 0.3) is 17.1 Å². The summed E-state index contributed by atoms with van der Waals surface area (Å²) in [5, 5.41) is 3.23. The van der Waals surface area contributed by atoms with Crippen molar-refractivity contribution in [1.29, 1.82) is 0 Å². The number of hydrogen-bond acceptors (Lipinski definition) is 6. The van der Waals surface area contributed by atoms with E-state index in [9.17, 15) is 4.79 Å². The molecule has 3 aromatic heterocycles. The van der Waals surface area contributed by atoms with E-state index in [1.54, 1.807) is 24.7 Å². The Morgan fingerprint density at radius 2 is 2.10 bits per heavy atom. The second-order valence-corrected chi connectivity index (χ2v) is 6.96. The molecule has 8 heteroatoms. The quantitative estimate of drug-likeness (QED) is 0.463. The summed E-state index contributed by atoms with van der Waals surface area (Å²) >= 11 is 0. The zero-order valence-electron chi connectivity index (χ0n) is 17.1. The van der Waals surface area contributed by atoms with Gasteiger partial charge in [0, 0.05) is 38.8 Å². The van der Waals surface area contributed by atoms with Crippen molar-refractivity contribution in [2.45, 2.75) is 27.4 Å². The van der Waals surface area contributed by atoms with Gasteiger partial charge in [-0.05, 0) is 50.1 Å². The highest BCUT2D eigenvalue weighted by Gasteiger charge is 2.11. The fraction of sp³-hybridized carbons (Fsp3) is 0.227. The van der Waals surface area contributed by atoms with Crippen LogP contribution in [0.3, 0.4) is 0 Å². The van der Waals surface area contributed by atoms with Crippen LogP contribution in [0.2, 0.25) is 0 Å². The molecule has 0 aliphatic carbocycles. The Hall–Kier alpha value is -3.65. The van der Waals surface area contributed by atoms with E-state index in [2.05, 4.69) is 20.3 Å². The normalized spacial score (nSPS) is 11.0. The van der Waals surface area contributed by atoms with E-state index in [1.807, 2.05) is 45.0 Å². The molecule has 0 amide bonds. The highest BCUT2D eigenvalue weighted by atomic mass is 16.5. The third kappa shape index (κ3) is 4.18. The van der Waals surface area contributed by atoms with Gasteiger partial charge in [-0.3, -0.25) is 4.57 Å². The Morgan fingerprint density at radius 1 is 1.23 bits per heavy atom. The number of nitrogens with one attached hydrogen (secondary N) is 2. The molecule has 0 unspecified atom stereocenters. The monoisotopic (exact) mass is 409 g/mol. The summed E-state index contributed by atoms with van der Waals surface area (Å²) in [4.78, 5) is 23.4. The van der Waals surface area contributed by atoms with Gasteiger partial charge in [-0.1, -0.05) is 12.1 Å². The molecule has 0 aliphatic rings. The number of nitrogens with zero attached hydrogens (tertiary/aromatic N) is 3. The number of H-pyrrole nitrogens is 1. The molecule has 0 fully saturated rings. The van der Waals surface area contributed by atoms with Crippen LogP contribution in [0, 0.1) is 13.8 Å². The van der Waals surface area contributed by atoms with Crippen molar-refractivity contribution in [3.63, 3.8) is 0 Å². The van der Waals surface area contributed by atoms with Gasteiger partial charge in [0.05, 0.1) is 12.8 Å². The molecule has 0 aliphatic heterocycles. The van der Waals surface area contributed by atoms with Gasteiger partial charge >= 0.3 is 5.69 Å². The molecule has 8 nitrogen and oxygen atoms in total. The Labute approximate surface area is 176 Å². The molecule has 4 rings (SSSR count). The maximum Gasteiger partial charge on any atom is 0.331 e. The van der Waals surface area contributed by atoms with Gasteiger partial charge in [0.25, 0.3) is 6.01 Å². The largest absolute Gasteiger partial charge is 0.423 e. The lowest BCUT2D eigenvalue weighted by molar-refractivity contribution is 0.134. The van der Waals surface area contributed by atoms with Crippen molar-refractivity contribution in [1.82, 2.24) is 19.5 Å². The molecule has 30 heavy (non-hydrogen) atoms. The molecule has 3 heterocycles. The number of pyridine rings is 1. The van der Waals surface area contributed by atoms with Crippen molar-refractivity contribution in [3.8, 4) is 17.1 Å². The summed E-state index contributed by atoms with van der Waals surface area (Å²) < 4.78 is 12.8. The van der Waals surface area contributed by atoms with Gasteiger partial charge in [0.15, 0.2) is 5.76 Å². The minimum absolute atomic E-state index is 0. The number of benzene rings is 1. The van der Waals surface area contributed by atoms with Crippen molar-refractivity contribution in [3.05, 3.63) is 76.2 Å². The van der Waals surface area contributed by atoms with E-state index < -0.39 is 0 Å². The van der Waals surface area contributed by atoms with Crippen LogP contribution in [0.5, 0.6) is 0 Å². The van der Waals surface area contributed by atoms with Crippen LogP contribution >= 0.6 is 0 Å². The van der Waals surface area contributed by atoms with Crippen molar-refractivity contribution in [2.75, 3.05) is 11.9 Å². The Morgan fingerprint density at radius 3 is 2.87 bits per heavy atom. The third-order valence-corrected chi connectivity index (χ3v) is 4.64. The molecule has 0 bridgehead atoms. The van der Waals surface area contributed by atoms with E-state index in [1.165, 1.54) is 4.57 Å². The number of imidazole rings is 1. The zero-order valence-corrected chi connectivity index (χ0v) is 17.1. The molecule has 0 radical (unpaired) electrons. The first kappa shape index (κ1) is 19.7. The Kier molecular flexibility index (Phi) is 5.49. The number of hydrogen-bond donors (Lipinski definition) is 2. The van der Waals surface area contributed by atoms with E-state index in [4.69, 9.17) is 9.15 Å². The first-order valence-electron chi connectivity index (χ1n) is 9.68. The fourth-order valence-electron chi connectivity index (χ4n) is 3.08. The van der Waals surface area contributed by atoms with Crippen LogP contribution in [0.1, 0.15) is 26.6 Å². The molecule has 158 valence electrons. The number of aromatic nitrogens is 4. The van der Waals surface area contributed by atoms with Crippen LogP contribution in [-0.4, -0.2) is 26.1 Å². The number of rotatable bonds is 7. The molecule has 2 N–H and O–H groups in total. The van der Waals surface area contributed by atoms with Crippen LogP contribution in [0.4, 0.5) is 11.7 Å². The second kappa shape index (κ2) is 8.38. The molecular formula is C22H27N5O3. The Balaban J connectivity index is 0.00000181. The zero-order chi connectivity index (χ0) is 21.1. The van der Waals surface area contributed by atoms with Crippen LogP contribution in [-0.2, 0) is 11.3 Å². The molecule has 0 atom stereocenters. The minimum Gasteiger partial charge on any atom is -0.423 e. The second-order valence-electron chi connectivity index (χ2n) is 6.96. The Bertz CT molecular complexity index is 1230. The van der Waals surface area contributed by atoms with Crippen LogP contribution < -0.4 is 11.0 Å². The third-order valence-electron chi connectivity index (χ3n) is 4.64. The van der Waals surface area contributed by atoms with Gasteiger partial charge in [0.1, 0.15) is 5.82 Å². The minimum atomic E-state index is -0.237. The van der Waals surface area contributed by atoms with E-state index in [-0.39, 0.29) is 8.54 Å². The van der Waals surface area contributed by atoms with Gasteiger partial charge in [-0.15, -0.1) is 0 Å². The summed E-state index contributed by atoms with van der Waals surface area (Å²) in [5.41, 5.74) is 4.35. The maximum absolute atomic E-state index is 12.0. The highest BCUT2D eigenvalue weighted by Crippen LogP contribution is 2.27. The topological polar surface area (TPSA) is 98.0 Å².